The zero-order chi connectivity index (χ0) is 74.0. The number of nitrogens with one attached hydrogen (secondary N) is 9. The van der Waals surface area contributed by atoms with Gasteiger partial charge in [-0.15, -0.1) is 0 Å². The molecule has 0 bridgehead atoms. The lowest BCUT2D eigenvalue weighted by Crippen LogP contribution is -2.41. The van der Waals surface area contributed by atoms with E-state index in [4.69, 9.17) is 48.7 Å². The third-order valence-corrected chi connectivity index (χ3v) is 18.9. The Hall–Kier alpha value is -6.07. The third kappa shape index (κ3) is 60.8. The molecule has 0 aliphatic carbocycles. The Morgan fingerprint density at radius 3 is 1.02 bits per heavy atom. The van der Waals surface area contributed by atoms with Crippen LogP contribution in [0.1, 0.15) is 220 Å². The number of ketones is 7. The van der Waals surface area contributed by atoms with Gasteiger partial charge in [0, 0.05) is 107 Å². The average molecular weight is 1310 g/mol. The summed E-state index contributed by atoms with van der Waals surface area (Å²) in [5.74, 6) is 0.294. The van der Waals surface area contributed by atoms with Crippen LogP contribution in [0.3, 0.4) is 0 Å². The summed E-state index contributed by atoms with van der Waals surface area (Å²) in [6.07, 6.45) is 3.95. The van der Waals surface area contributed by atoms with Gasteiger partial charge in [-0.05, 0) is 101 Å². The number of benzene rings is 1. The van der Waals surface area contributed by atoms with Gasteiger partial charge in [-0.25, -0.2) is 0 Å². The number of hydrogen-bond acceptors (Lipinski definition) is 18. The molecule has 2 atom stereocenters. The molecule has 21 heteroatoms. The van der Waals surface area contributed by atoms with Crippen LogP contribution in [0.15, 0.2) is 30.3 Å². The first-order valence-corrected chi connectivity index (χ1v) is 41.2. The molecule has 0 aliphatic rings. The lowest BCUT2D eigenvalue weighted by Gasteiger charge is -2.23. The van der Waals surface area contributed by atoms with E-state index in [2.05, 4.69) is 19.6 Å². The van der Waals surface area contributed by atoms with Crippen LogP contribution < -0.4 is 0 Å². The van der Waals surface area contributed by atoms with Crippen LogP contribution in [0.4, 0.5) is 0 Å². The molecule has 1 rings (SSSR count). The molecular formula is C69H127N9O9Si3. The van der Waals surface area contributed by atoms with Gasteiger partial charge >= 0.3 is 0 Å². The van der Waals surface area contributed by atoms with Crippen molar-refractivity contribution in [3.8, 4) is 0 Å². The van der Waals surface area contributed by atoms with Crippen molar-refractivity contribution in [2.24, 2.45) is 28.1 Å². The van der Waals surface area contributed by atoms with Crippen LogP contribution in [0.2, 0.25) is 58.9 Å². The highest BCUT2D eigenvalue weighted by atomic mass is 28.3. The second kappa shape index (κ2) is 48.7. The molecule has 2 unspecified atom stereocenters. The van der Waals surface area contributed by atoms with Crippen molar-refractivity contribution in [3.63, 3.8) is 0 Å². The predicted molar refractivity (Wildman–Crippen MR) is 391 cm³/mol. The van der Waals surface area contributed by atoms with Crippen LogP contribution in [-0.4, -0.2) is 127 Å². The molecule has 514 valence electrons. The number of hydrogen-bond donors (Lipinski definition) is 9. The minimum Gasteiger partial charge on any atom is -0.314 e. The van der Waals surface area contributed by atoms with Crippen molar-refractivity contribution in [2.75, 3.05) is 0 Å². The molecule has 0 saturated heterocycles. The van der Waals surface area contributed by atoms with Gasteiger partial charge in [-0.1, -0.05) is 158 Å². The molecule has 0 fully saturated rings. The normalized spacial score (nSPS) is 11.3. The Balaban J connectivity index is -0.000000141. The molecule has 18 nitrogen and oxygen atoms in total. The van der Waals surface area contributed by atoms with Gasteiger partial charge in [-0.2, -0.15) is 0 Å². The minimum atomic E-state index is -1.66. The van der Waals surface area contributed by atoms with Crippen molar-refractivity contribution >= 4 is 127 Å². The van der Waals surface area contributed by atoms with E-state index >= 15 is 0 Å². The summed E-state index contributed by atoms with van der Waals surface area (Å²) >= 11 is 0. The van der Waals surface area contributed by atoms with E-state index in [9.17, 15) is 43.2 Å². The Labute approximate surface area is 548 Å². The molecule has 90 heavy (non-hydrogen) atoms. The van der Waals surface area contributed by atoms with E-state index in [0.29, 0.717) is 101 Å². The highest BCUT2D eigenvalue weighted by molar-refractivity contribution is 7.09. The topological polar surface area (TPSA) is 368 Å². The maximum Gasteiger partial charge on any atom is 0.168 e. The second-order valence-corrected chi connectivity index (χ2v) is 43.5. The maximum absolute atomic E-state index is 11.7. The molecule has 0 heterocycles. The van der Waals surface area contributed by atoms with Gasteiger partial charge in [0.05, 0.1) is 25.3 Å². The number of carbonyl (C=O) groups excluding carboxylic acids is 9. The summed E-state index contributed by atoms with van der Waals surface area (Å²) in [7, 11) is -4.78. The van der Waals surface area contributed by atoms with Crippen molar-refractivity contribution < 1.29 is 43.2 Å². The Bertz CT molecular complexity index is 2440. The van der Waals surface area contributed by atoms with Gasteiger partial charge < -0.3 is 58.3 Å². The average Bonchev–Trinajstić information content (AvgIpc) is 2.73. The summed E-state index contributed by atoms with van der Waals surface area (Å²) in [4.78, 5) is 98.4. The predicted octanol–water partition coefficient (Wildman–Crippen LogP) is 17.3. The van der Waals surface area contributed by atoms with Gasteiger partial charge in [0.25, 0.3) is 0 Å². The fourth-order valence-corrected chi connectivity index (χ4v) is 7.55. The highest BCUT2D eigenvalue weighted by Crippen LogP contribution is 2.23. The van der Waals surface area contributed by atoms with E-state index in [1.54, 1.807) is 74.4 Å². The summed E-state index contributed by atoms with van der Waals surface area (Å²) in [5.41, 5.74) is 3.36. The standard InChI is InChI=1S/C11H21NO.C10H11NO.C9H21NOSi2.C7H15NOSi.3C7H13NO.C6H11NO.C5H9NO/c1-10(2,3)8(12)7-9(13)11(4,5)6;1-8(11)7-10(12)9-5-3-2-4-6-9;1-12(2,3)8(10)7-9(11)13(4,5)6;1-6(8)5-7(9)10(2,3)4;1-5(8)7(3,4)6(2)9;1-4-7(5(2)8)6(3)9;1-3-6(8)5-7(9)4-2;1-4(5(2)7)6(3)8;1-4(6)3-5(2)7/h12H,7H2,1-6H3;2-6,11H,7H2,1H3;10H,7H2,1-6H3;8H,5H2,1-4H3;8H,1-4H3;7-8H,4H2,1-3H3;8H,3-5H2,1-2H3;4,7H,1-3H3;6H,3H2,1-2H3. The minimum absolute atomic E-state index is 0.0168. The van der Waals surface area contributed by atoms with Gasteiger partial charge in [-0.3, -0.25) is 33.6 Å². The summed E-state index contributed by atoms with van der Waals surface area (Å²) in [5, 5.41) is 66.4. The quantitative estimate of drug-likeness (QED) is 0.0255. The summed E-state index contributed by atoms with van der Waals surface area (Å²) in [6, 6.07) is 9.06. The van der Waals surface area contributed by atoms with E-state index in [1.165, 1.54) is 27.7 Å². The Morgan fingerprint density at radius 2 is 0.844 bits per heavy atom. The smallest absolute Gasteiger partial charge is 0.168 e. The molecule has 0 amide bonds. The third-order valence-electron chi connectivity index (χ3n) is 13.2. The maximum atomic E-state index is 11.7. The van der Waals surface area contributed by atoms with Crippen LogP contribution in [0.25, 0.3) is 0 Å². The van der Waals surface area contributed by atoms with Crippen molar-refractivity contribution in [1.29, 1.82) is 48.7 Å². The first-order chi connectivity index (χ1) is 40.0. The fraction of sp³-hybridized carbons (Fsp3) is 0.652. The highest BCUT2D eigenvalue weighted by Gasteiger charge is 2.30. The second-order valence-electron chi connectivity index (χ2n) is 28.3. The molecule has 0 aliphatic heterocycles. The molecule has 1 aromatic rings. The summed E-state index contributed by atoms with van der Waals surface area (Å²) in [6.45, 7) is 57.0. The molecule has 0 radical (unpaired) electrons. The Morgan fingerprint density at radius 1 is 0.456 bits per heavy atom. The van der Waals surface area contributed by atoms with Crippen LogP contribution >= 0.6 is 0 Å². The van der Waals surface area contributed by atoms with Crippen LogP contribution in [-0.2, 0) is 38.4 Å². The monoisotopic (exact) mass is 1310 g/mol. The lowest BCUT2D eigenvalue weighted by atomic mass is 9.81. The van der Waals surface area contributed by atoms with Crippen LogP contribution in [0, 0.1) is 76.8 Å². The largest absolute Gasteiger partial charge is 0.314 e. The first kappa shape index (κ1) is 100. The number of carbonyl (C=O) groups is 9. The van der Waals surface area contributed by atoms with Crippen molar-refractivity contribution in [2.45, 2.75) is 269 Å². The van der Waals surface area contributed by atoms with Gasteiger partial charge in [0.1, 0.15) is 61.7 Å². The van der Waals surface area contributed by atoms with Crippen molar-refractivity contribution in [3.05, 3.63) is 35.9 Å². The van der Waals surface area contributed by atoms with Gasteiger partial charge in [0.15, 0.2) is 5.78 Å². The summed E-state index contributed by atoms with van der Waals surface area (Å²) < 4.78 is 0. The molecular weight excluding hydrogens is 1180 g/mol. The van der Waals surface area contributed by atoms with E-state index in [1.807, 2.05) is 120 Å². The fourth-order valence-electron chi connectivity index (χ4n) is 5.18. The number of Topliss-reactive ketones (excluding diaryl/α,β-unsaturated/α-hetero) is 7. The van der Waals surface area contributed by atoms with Crippen LogP contribution in [0.5, 0.6) is 0 Å². The molecule has 0 saturated carbocycles. The molecule has 9 N–H and O–H groups in total. The van der Waals surface area contributed by atoms with Crippen molar-refractivity contribution in [1.82, 2.24) is 0 Å². The molecule has 0 spiro atoms. The van der Waals surface area contributed by atoms with E-state index in [0.717, 1.165) is 6.42 Å². The molecule has 1 aromatic carbocycles. The first-order valence-electron chi connectivity index (χ1n) is 30.7. The molecule has 0 aromatic heterocycles. The van der Waals surface area contributed by atoms with E-state index in [-0.39, 0.29) is 81.4 Å². The number of rotatable bonds is 25. The lowest BCUT2D eigenvalue weighted by molar-refractivity contribution is -0.125. The Kier molecular flexibility index (Phi) is 54.2. The van der Waals surface area contributed by atoms with Gasteiger partial charge in [0.2, 0.25) is 0 Å². The zero-order valence-corrected chi connectivity index (χ0v) is 65.1. The van der Waals surface area contributed by atoms with E-state index < -0.39 is 29.6 Å². The zero-order valence-electron chi connectivity index (χ0n) is 62.1. The SMILES string of the molecule is CC(=N)C(C)(C)C(C)=O.CC(=N)C(C)C(C)=O.CC(=N)CC(=O)[Si](C)(C)C.CC(=N)CC(=O)c1ccccc1.CC(=N)CC(C)=O.CC(C)(C)C(=N)CC(=O)C(C)(C)C.CCC(=N)CC(=O)CC.CCC(C(C)=N)C(C)=O.C[Si](C)(C)C(=N)CC(=O)[Si](C)(C)C.